The van der Waals surface area contributed by atoms with Gasteiger partial charge < -0.3 is 9.47 Å². The zero-order valence-electron chi connectivity index (χ0n) is 14.9. The molecule has 0 bridgehead atoms. The first-order valence-corrected chi connectivity index (χ1v) is 10.9. The maximum atomic E-state index is 6.41. The molecule has 3 heterocycles. The first kappa shape index (κ1) is 18.0. The summed E-state index contributed by atoms with van der Waals surface area (Å²) in [5.74, 6) is 1.60. The number of ether oxygens (including phenoxy) is 2. The van der Waals surface area contributed by atoms with E-state index in [0.29, 0.717) is 5.02 Å². The van der Waals surface area contributed by atoms with Crippen LogP contribution in [0.1, 0.15) is 34.7 Å². The monoisotopic (exact) mass is 474 g/mol. The van der Waals surface area contributed by atoms with Crippen molar-refractivity contribution in [2.45, 2.75) is 18.7 Å². The average molecular weight is 476 g/mol. The number of nitrogens with zero attached hydrogens (tertiary/aromatic N) is 2. The molecule has 7 heteroatoms. The second kappa shape index (κ2) is 7.10. The highest BCUT2D eigenvalue weighted by atomic mass is 79.9. The van der Waals surface area contributed by atoms with Crippen LogP contribution in [0.3, 0.4) is 0 Å². The predicted octanol–water partition coefficient (Wildman–Crippen LogP) is 6.41. The second-order valence-electron chi connectivity index (χ2n) is 6.66. The van der Waals surface area contributed by atoms with Crippen LogP contribution in [0.2, 0.25) is 5.02 Å². The van der Waals surface area contributed by atoms with E-state index in [2.05, 4.69) is 33.4 Å². The minimum absolute atomic E-state index is 0.0632. The Bertz CT molecular complexity index is 1070. The Balaban J connectivity index is 1.65. The molecule has 0 radical (unpaired) electrons. The zero-order valence-corrected chi connectivity index (χ0v) is 18.1. The van der Waals surface area contributed by atoms with Crippen molar-refractivity contribution in [1.29, 1.82) is 0 Å². The fourth-order valence-corrected chi connectivity index (χ4v) is 5.03. The largest absolute Gasteiger partial charge is 0.496 e. The summed E-state index contributed by atoms with van der Waals surface area (Å²) in [7, 11) is 1.67. The number of hydrogen-bond donors (Lipinski definition) is 0. The summed E-state index contributed by atoms with van der Waals surface area (Å²) in [6.45, 7) is 0. The molecule has 2 atom stereocenters. The van der Waals surface area contributed by atoms with E-state index in [1.54, 1.807) is 18.4 Å². The number of benzene rings is 2. The van der Waals surface area contributed by atoms with Crippen LogP contribution in [0.15, 0.2) is 63.5 Å². The van der Waals surface area contributed by atoms with Crippen molar-refractivity contribution >= 4 is 44.6 Å². The van der Waals surface area contributed by atoms with Crippen LogP contribution in [0.5, 0.6) is 11.5 Å². The van der Waals surface area contributed by atoms with Crippen molar-refractivity contribution in [1.82, 2.24) is 5.01 Å². The van der Waals surface area contributed by atoms with Gasteiger partial charge in [-0.25, -0.2) is 5.01 Å². The molecule has 5 rings (SSSR count). The zero-order chi connectivity index (χ0) is 19.3. The molecule has 28 heavy (non-hydrogen) atoms. The molecule has 2 aliphatic heterocycles. The minimum atomic E-state index is -0.386. The van der Waals surface area contributed by atoms with E-state index in [9.17, 15) is 0 Å². The highest BCUT2D eigenvalue weighted by Gasteiger charge is 2.42. The summed E-state index contributed by atoms with van der Waals surface area (Å²) < 4.78 is 13.0. The van der Waals surface area contributed by atoms with Crippen LogP contribution in [0, 0.1) is 0 Å². The third-order valence-electron chi connectivity index (χ3n) is 5.02. The summed E-state index contributed by atoms with van der Waals surface area (Å²) >= 11 is 11.6. The lowest BCUT2D eigenvalue weighted by molar-refractivity contribution is -0.0203. The lowest BCUT2D eigenvalue weighted by Crippen LogP contribution is -2.34. The van der Waals surface area contributed by atoms with Crippen LogP contribution in [-0.2, 0) is 0 Å². The standard InChI is InChI=1S/C21H16BrClN2O2S/c1-26-18-6-4-12(22)9-15(18)21-25-17(11-16(24-25)20-3-2-8-28-20)14-10-13(23)5-7-19(14)27-21/h2-10,17,21H,11H2,1H3/t17-,21-/m0/s1. The smallest absolute Gasteiger partial charge is 0.217 e. The molecule has 2 aliphatic rings. The van der Waals surface area contributed by atoms with Crippen molar-refractivity contribution in [3.05, 3.63) is 79.4 Å². The second-order valence-corrected chi connectivity index (χ2v) is 8.96. The highest BCUT2D eigenvalue weighted by molar-refractivity contribution is 9.10. The molecule has 4 nitrogen and oxygen atoms in total. The Kier molecular flexibility index (Phi) is 4.57. The number of halogens is 2. The summed E-state index contributed by atoms with van der Waals surface area (Å²) in [6, 6.07) is 15.9. The van der Waals surface area contributed by atoms with Gasteiger partial charge in [0.15, 0.2) is 0 Å². The molecular weight excluding hydrogens is 460 g/mol. The molecule has 0 amide bonds. The van der Waals surface area contributed by atoms with Gasteiger partial charge in [-0.2, -0.15) is 5.10 Å². The molecule has 0 spiro atoms. The fourth-order valence-electron chi connectivity index (χ4n) is 3.75. The fraction of sp³-hybridized carbons (Fsp3) is 0.190. The Hall–Kier alpha value is -2.02. The third kappa shape index (κ3) is 3.00. The van der Waals surface area contributed by atoms with Gasteiger partial charge in [0.05, 0.1) is 29.3 Å². The molecule has 2 aromatic carbocycles. The van der Waals surface area contributed by atoms with Crippen molar-refractivity contribution in [2.24, 2.45) is 5.10 Å². The van der Waals surface area contributed by atoms with E-state index in [-0.39, 0.29) is 12.3 Å². The Morgan fingerprint density at radius 3 is 2.89 bits per heavy atom. The van der Waals surface area contributed by atoms with E-state index in [0.717, 1.165) is 39.2 Å². The van der Waals surface area contributed by atoms with Gasteiger partial charge in [-0.05, 0) is 47.8 Å². The summed E-state index contributed by atoms with van der Waals surface area (Å²) in [5.41, 5.74) is 3.06. The Labute approximate surface area is 180 Å². The Morgan fingerprint density at radius 2 is 2.11 bits per heavy atom. The number of hydrogen-bond acceptors (Lipinski definition) is 5. The number of fused-ring (bicyclic) bond motifs is 3. The van der Waals surface area contributed by atoms with E-state index in [1.165, 1.54) is 4.88 Å². The highest BCUT2D eigenvalue weighted by Crippen LogP contribution is 2.49. The molecule has 3 aromatic rings. The lowest BCUT2D eigenvalue weighted by Gasteiger charge is -2.38. The van der Waals surface area contributed by atoms with Crippen molar-refractivity contribution in [3.63, 3.8) is 0 Å². The van der Waals surface area contributed by atoms with Gasteiger partial charge in [-0.1, -0.05) is 33.6 Å². The van der Waals surface area contributed by atoms with Crippen LogP contribution < -0.4 is 9.47 Å². The van der Waals surface area contributed by atoms with Gasteiger partial charge in [0, 0.05) is 21.5 Å². The van der Waals surface area contributed by atoms with Crippen molar-refractivity contribution in [2.75, 3.05) is 7.11 Å². The van der Waals surface area contributed by atoms with E-state index < -0.39 is 0 Å². The Morgan fingerprint density at radius 1 is 1.21 bits per heavy atom. The van der Waals surface area contributed by atoms with Crippen LogP contribution in [-0.4, -0.2) is 17.8 Å². The first-order chi connectivity index (χ1) is 13.6. The van der Waals surface area contributed by atoms with Crippen LogP contribution >= 0.6 is 38.9 Å². The minimum Gasteiger partial charge on any atom is -0.496 e. The van der Waals surface area contributed by atoms with Crippen molar-refractivity contribution < 1.29 is 9.47 Å². The average Bonchev–Trinajstić information content (AvgIpc) is 3.37. The maximum Gasteiger partial charge on any atom is 0.217 e. The van der Waals surface area contributed by atoms with Gasteiger partial charge in [0.1, 0.15) is 11.5 Å². The van der Waals surface area contributed by atoms with Gasteiger partial charge >= 0.3 is 0 Å². The molecule has 1 aromatic heterocycles. The van der Waals surface area contributed by atoms with Crippen LogP contribution in [0.4, 0.5) is 0 Å². The topological polar surface area (TPSA) is 34.1 Å². The maximum absolute atomic E-state index is 6.41. The number of hydrazone groups is 1. The number of methoxy groups -OCH3 is 1. The number of rotatable bonds is 3. The molecule has 0 saturated carbocycles. The summed E-state index contributed by atoms with van der Waals surface area (Å²) in [6.07, 6.45) is 0.424. The molecule has 142 valence electrons. The summed E-state index contributed by atoms with van der Waals surface area (Å²) in [5, 5.41) is 9.78. The quantitative estimate of drug-likeness (QED) is 0.438. The number of thiophene rings is 1. The molecule has 0 fully saturated rings. The third-order valence-corrected chi connectivity index (χ3v) is 6.66. The molecular formula is C21H16BrClN2O2S. The molecule has 0 unspecified atom stereocenters. The van der Waals surface area contributed by atoms with E-state index >= 15 is 0 Å². The first-order valence-electron chi connectivity index (χ1n) is 8.83. The van der Waals surface area contributed by atoms with Crippen LogP contribution in [0.25, 0.3) is 0 Å². The van der Waals surface area contributed by atoms with Gasteiger partial charge in [-0.15, -0.1) is 11.3 Å². The van der Waals surface area contributed by atoms with E-state index in [4.69, 9.17) is 26.2 Å². The lowest BCUT2D eigenvalue weighted by atomic mass is 9.97. The molecule has 0 aliphatic carbocycles. The summed E-state index contributed by atoms with van der Waals surface area (Å²) in [4.78, 5) is 1.18. The molecule has 0 N–H and O–H groups in total. The van der Waals surface area contributed by atoms with Gasteiger partial charge in [0.2, 0.25) is 6.23 Å². The van der Waals surface area contributed by atoms with Crippen molar-refractivity contribution in [3.8, 4) is 11.5 Å². The van der Waals surface area contributed by atoms with E-state index in [1.807, 2.05) is 41.4 Å². The predicted molar refractivity (Wildman–Crippen MR) is 116 cm³/mol. The van der Waals surface area contributed by atoms with Gasteiger partial charge in [0.25, 0.3) is 0 Å². The van der Waals surface area contributed by atoms with Gasteiger partial charge in [-0.3, -0.25) is 0 Å². The SMILES string of the molecule is COc1ccc(Br)cc1[C@@H]1Oc2ccc(Cl)cc2[C@@H]2CC(c3cccs3)=NN21. The normalized spacial score (nSPS) is 20.2. The molecule has 0 saturated heterocycles.